The maximum absolute atomic E-state index is 12.2. The molecule has 7 heteroatoms. The average Bonchev–Trinajstić information content (AvgIpc) is 2.48. The number of benzene rings is 1. The summed E-state index contributed by atoms with van der Waals surface area (Å²) in [5.41, 5.74) is 0.757. The number of Topliss-reactive ketones (excluding diaryl/α,β-unsaturated/α-hetero) is 1. The number of hydrogen-bond donors (Lipinski definition) is 1. The highest BCUT2D eigenvalue weighted by Gasteiger charge is 2.44. The number of nitrogens with one attached hydrogen (secondary N) is 1. The molecule has 1 heterocycles. The van der Waals surface area contributed by atoms with Crippen LogP contribution in [0.4, 0.5) is 0 Å². The molecule has 2 atom stereocenters. The summed E-state index contributed by atoms with van der Waals surface area (Å²) < 4.78 is 10.1. The van der Waals surface area contributed by atoms with Gasteiger partial charge in [0.15, 0.2) is 5.78 Å². The second kappa shape index (κ2) is 6.72. The van der Waals surface area contributed by atoms with Crippen molar-refractivity contribution in [3.8, 4) is 0 Å². The van der Waals surface area contributed by atoms with Crippen LogP contribution in [0.1, 0.15) is 25.3 Å². The SMILES string of the molecule is COC(=O)C1C(=N)OC(C)=C(C(C)=O)C1c1cccc(Cl)c1Cl. The van der Waals surface area contributed by atoms with Crippen LogP contribution in [-0.4, -0.2) is 24.8 Å². The molecule has 2 unspecified atom stereocenters. The molecule has 0 bridgehead atoms. The van der Waals surface area contributed by atoms with E-state index in [1.54, 1.807) is 25.1 Å². The third-order valence-corrected chi connectivity index (χ3v) is 4.55. The number of allylic oxidation sites excluding steroid dienone is 2. The lowest BCUT2D eigenvalue weighted by molar-refractivity contribution is -0.144. The van der Waals surface area contributed by atoms with Crippen molar-refractivity contribution in [3.05, 3.63) is 45.1 Å². The average molecular weight is 356 g/mol. The highest BCUT2D eigenvalue weighted by atomic mass is 35.5. The third kappa shape index (κ3) is 3.12. The van der Waals surface area contributed by atoms with Crippen LogP contribution >= 0.6 is 23.2 Å². The lowest BCUT2D eigenvalue weighted by atomic mass is 9.76. The first-order valence-corrected chi connectivity index (χ1v) is 7.54. The minimum Gasteiger partial charge on any atom is -0.468 e. The molecule has 1 aromatic rings. The second-order valence-corrected chi connectivity index (χ2v) is 5.90. The fourth-order valence-corrected chi connectivity index (χ4v) is 3.18. The van der Waals surface area contributed by atoms with Gasteiger partial charge in [-0.1, -0.05) is 35.3 Å². The molecule has 5 nitrogen and oxygen atoms in total. The molecule has 122 valence electrons. The Labute approximate surface area is 143 Å². The summed E-state index contributed by atoms with van der Waals surface area (Å²) in [6.07, 6.45) is 0. The third-order valence-electron chi connectivity index (χ3n) is 3.72. The monoisotopic (exact) mass is 355 g/mol. The lowest BCUT2D eigenvalue weighted by Crippen LogP contribution is -2.38. The molecular formula is C16H15Cl2NO4. The first kappa shape index (κ1) is 17.5. The van der Waals surface area contributed by atoms with E-state index in [9.17, 15) is 9.59 Å². The van der Waals surface area contributed by atoms with Crippen molar-refractivity contribution in [2.45, 2.75) is 19.8 Å². The van der Waals surface area contributed by atoms with Gasteiger partial charge in [0.05, 0.1) is 17.2 Å². The Balaban J connectivity index is 2.74. The Morgan fingerprint density at radius 2 is 1.96 bits per heavy atom. The molecule has 0 aromatic heterocycles. The summed E-state index contributed by atoms with van der Waals surface area (Å²) in [5, 5.41) is 8.53. The van der Waals surface area contributed by atoms with E-state index in [2.05, 4.69) is 0 Å². The van der Waals surface area contributed by atoms with Crippen LogP contribution in [0.15, 0.2) is 29.5 Å². The van der Waals surface area contributed by atoms with Crippen LogP contribution in [-0.2, 0) is 19.1 Å². The van der Waals surface area contributed by atoms with E-state index in [1.807, 2.05) is 0 Å². The maximum Gasteiger partial charge on any atom is 0.319 e. The van der Waals surface area contributed by atoms with E-state index in [0.717, 1.165) is 0 Å². The highest BCUT2D eigenvalue weighted by Crippen LogP contribution is 2.44. The van der Waals surface area contributed by atoms with Gasteiger partial charge in [0.2, 0.25) is 5.90 Å². The van der Waals surface area contributed by atoms with Crippen molar-refractivity contribution in [2.75, 3.05) is 7.11 Å². The summed E-state index contributed by atoms with van der Waals surface area (Å²) in [4.78, 5) is 24.3. The number of ether oxygens (including phenoxy) is 2. The van der Waals surface area contributed by atoms with Crippen LogP contribution in [0.3, 0.4) is 0 Å². The second-order valence-electron chi connectivity index (χ2n) is 5.11. The van der Waals surface area contributed by atoms with E-state index in [4.69, 9.17) is 38.1 Å². The number of hydrogen-bond acceptors (Lipinski definition) is 5. The largest absolute Gasteiger partial charge is 0.468 e. The smallest absolute Gasteiger partial charge is 0.319 e. The standard InChI is InChI=1S/C16H15Cl2NO4/c1-7(20)11-8(2)23-15(19)13(16(21)22-3)12(11)9-5-4-6-10(17)14(9)18/h4-6,12-13,19H,1-3H3. The van der Waals surface area contributed by atoms with Crippen molar-refractivity contribution in [1.82, 2.24) is 0 Å². The molecule has 1 aliphatic heterocycles. The number of carbonyl (C=O) groups excluding carboxylic acids is 2. The number of halogens is 2. The zero-order chi connectivity index (χ0) is 17.3. The maximum atomic E-state index is 12.2. The summed E-state index contributed by atoms with van der Waals surface area (Å²) in [7, 11) is 1.21. The highest BCUT2D eigenvalue weighted by molar-refractivity contribution is 6.42. The van der Waals surface area contributed by atoms with Gasteiger partial charge in [-0.05, 0) is 25.5 Å². The van der Waals surface area contributed by atoms with Crippen LogP contribution in [0.5, 0.6) is 0 Å². The molecule has 23 heavy (non-hydrogen) atoms. The van der Waals surface area contributed by atoms with Gasteiger partial charge >= 0.3 is 5.97 Å². The van der Waals surface area contributed by atoms with Crippen molar-refractivity contribution in [1.29, 1.82) is 5.41 Å². The molecule has 1 aromatic carbocycles. The molecule has 1 N–H and O–H groups in total. The predicted octanol–water partition coefficient (Wildman–Crippen LogP) is 3.74. The molecule has 0 fully saturated rings. The molecule has 1 aliphatic rings. The first-order valence-electron chi connectivity index (χ1n) is 6.79. The van der Waals surface area contributed by atoms with Crippen molar-refractivity contribution >= 4 is 40.9 Å². The van der Waals surface area contributed by atoms with E-state index in [0.29, 0.717) is 10.6 Å². The zero-order valence-corrected chi connectivity index (χ0v) is 14.3. The predicted molar refractivity (Wildman–Crippen MR) is 86.9 cm³/mol. The normalized spacial score (nSPS) is 21.0. The van der Waals surface area contributed by atoms with E-state index < -0.39 is 17.8 Å². The van der Waals surface area contributed by atoms with Gasteiger partial charge in [0.1, 0.15) is 11.7 Å². The van der Waals surface area contributed by atoms with Crippen LogP contribution in [0.25, 0.3) is 0 Å². The number of ketones is 1. The fourth-order valence-electron chi connectivity index (χ4n) is 2.75. The minimum absolute atomic E-state index is 0.231. The van der Waals surface area contributed by atoms with Gasteiger partial charge in [-0.25, -0.2) is 0 Å². The molecule has 2 rings (SSSR count). The molecule has 0 radical (unpaired) electrons. The number of methoxy groups -OCH3 is 1. The fraction of sp³-hybridized carbons (Fsp3) is 0.312. The number of rotatable bonds is 3. The van der Waals surface area contributed by atoms with Crippen LogP contribution in [0, 0.1) is 11.3 Å². The van der Waals surface area contributed by atoms with Gasteiger partial charge < -0.3 is 9.47 Å². The number of esters is 1. The van der Waals surface area contributed by atoms with Gasteiger partial charge in [0, 0.05) is 11.5 Å². The molecule has 0 spiro atoms. The number of carbonyl (C=O) groups is 2. The minimum atomic E-state index is -1.10. The zero-order valence-electron chi connectivity index (χ0n) is 12.8. The van der Waals surface area contributed by atoms with E-state index in [1.165, 1.54) is 14.0 Å². The molecule has 0 saturated heterocycles. The van der Waals surface area contributed by atoms with Crippen molar-refractivity contribution in [3.63, 3.8) is 0 Å². The van der Waals surface area contributed by atoms with E-state index in [-0.39, 0.29) is 28.0 Å². The Bertz CT molecular complexity index is 727. The Morgan fingerprint density at radius 1 is 1.30 bits per heavy atom. The quantitative estimate of drug-likeness (QED) is 0.837. The van der Waals surface area contributed by atoms with Crippen molar-refractivity contribution in [2.24, 2.45) is 5.92 Å². The summed E-state index contributed by atoms with van der Waals surface area (Å²) in [6, 6.07) is 4.95. The van der Waals surface area contributed by atoms with Gasteiger partial charge in [-0.15, -0.1) is 0 Å². The molecule has 0 amide bonds. The summed E-state index contributed by atoms with van der Waals surface area (Å²) in [6.45, 7) is 2.95. The summed E-state index contributed by atoms with van der Waals surface area (Å²) >= 11 is 12.3. The molecule has 0 saturated carbocycles. The Kier molecular flexibility index (Phi) is 5.12. The lowest BCUT2D eigenvalue weighted by Gasteiger charge is -2.33. The first-order chi connectivity index (χ1) is 10.8. The van der Waals surface area contributed by atoms with E-state index >= 15 is 0 Å². The van der Waals surface area contributed by atoms with Gasteiger partial charge in [0.25, 0.3) is 0 Å². The van der Waals surface area contributed by atoms with Crippen LogP contribution in [0.2, 0.25) is 10.0 Å². The molecule has 0 aliphatic carbocycles. The van der Waals surface area contributed by atoms with Gasteiger partial charge in [-0.2, -0.15) is 0 Å². The Hall–Kier alpha value is -1.85. The topological polar surface area (TPSA) is 76.5 Å². The summed E-state index contributed by atoms with van der Waals surface area (Å²) in [5.74, 6) is -2.86. The molecular weight excluding hydrogens is 341 g/mol. The van der Waals surface area contributed by atoms with Crippen molar-refractivity contribution < 1.29 is 19.1 Å². The Morgan fingerprint density at radius 3 is 2.52 bits per heavy atom. The van der Waals surface area contributed by atoms with Crippen LogP contribution < -0.4 is 0 Å². The van der Waals surface area contributed by atoms with Gasteiger partial charge in [-0.3, -0.25) is 15.0 Å².